The summed E-state index contributed by atoms with van der Waals surface area (Å²) < 4.78 is 0. The van der Waals surface area contributed by atoms with Crippen LogP contribution in [-0.4, -0.2) is 25.0 Å². The van der Waals surface area contributed by atoms with Crippen molar-refractivity contribution in [3.8, 4) is 6.07 Å². The lowest BCUT2D eigenvalue weighted by Gasteiger charge is -2.34. The van der Waals surface area contributed by atoms with Crippen molar-refractivity contribution in [3.63, 3.8) is 0 Å². The molecule has 0 unspecified atom stereocenters. The molecule has 74 valence electrons. The number of hydrogen-bond acceptors (Lipinski definition) is 3. The Hall–Kier alpha value is -0.850. The summed E-state index contributed by atoms with van der Waals surface area (Å²) in [5.74, 6) is 0. The van der Waals surface area contributed by atoms with Crippen LogP contribution in [0.2, 0.25) is 0 Å². The Bertz CT molecular complexity index is 329. The molecule has 2 nitrogen and oxygen atoms in total. The van der Waals surface area contributed by atoms with Gasteiger partial charge in [-0.05, 0) is 44.4 Å². The Morgan fingerprint density at radius 1 is 1.50 bits per heavy atom. The Balaban J connectivity index is 2.24. The lowest BCUT2D eigenvalue weighted by Crippen LogP contribution is -2.39. The molecule has 2 rings (SSSR count). The topological polar surface area (TPSA) is 27.0 Å². The van der Waals surface area contributed by atoms with Gasteiger partial charge in [-0.1, -0.05) is 6.07 Å². The second-order valence-corrected chi connectivity index (χ2v) is 4.92. The highest BCUT2D eigenvalue weighted by Crippen LogP contribution is 2.36. The lowest BCUT2D eigenvalue weighted by molar-refractivity contribution is 0.224. The summed E-state index contributed by atoms with van der Waals surface area (Å²) in [5, 5.41) is 11.4. The third-order valence-corrected chi connectivity index (χ3v) is 4.12. The lowest BCUT2D eigenvalue weighted by atomic mass is 9.78. The van der Waals surface area contributed by atoms with Gasteiger partial charge in [0.25, 0.3) is 0 Å². The fourth-order valence-electron chi connectivity index (χ4n) is 1.96. The van der Waals surface area contributed by atoms with Crippen molar-refractivity contribution in [2.75, 3.05) is 20.1 Å². The minimum absolute atomic E-state index is 0.194. The molecule has 0 N–H and O–H groups in total. The van der Waals surface area contributed by atoms with Gasteiger partial charge in [-0.2, -0.15) is 5.26 Å². The molecule has 1 aromatic rings. The molecule has 3 heteroatoms. The fraction of sp³-hybridized carbons (Fsp3) is 0.545. The Kier molecular flexibility index (Phi) is 2.58. The van der Waals surface area contributed by atoms with Crippen LogP contribution in [0, 0.1) is 11.3 Å². The van der Waals surface area contributed by atoms with Crippen LogP contribution in [0.25, 0.3) is 0 Å². The van der Waals surface area contributed by atoms with E-state index in [9.17, 15) is 5.26 Å². The molecule has 1 aromatic heterocycles. The molecule has 0 amide bonds. The van der Waals surface area contributed by atoms with Crippen LogP contribution in [0.5, 0.6) is 0 Å². The Morgan fingerprint density at radius 2 is 2.21 bits per heavy atom. The van der Waals surface area contributed by atoms with Crippen molar-refractivity contribution >= 4 is 11.3 Å². The summed E-state index contributed by atoms with van der Waals surface area (Å²) in [6.45, 7) is 2.07. The molecule has 1 saturated heterocycles. The van der Waals surface area contributed by atoms with E-state index in [2.05, 4.69) is 29.5 Å². The predicted molar refractivity (Wildman–Crippen MR) is 58.3 cm³/mol. The summed E-state index contributed by atoms with van der Waals surface area (Å²) in [6, 6.07) is 6.66. The molecule has 0 saturated carbocycles. The van der Waals surface area contributed by atoms with Gasteiger partial charge < -0.3 is 4.90 Å². The molecular weight excluding hydrogens is 192 g/mol. The van der Waals surface area contributed by atoms with E-state index >= 15 is 0 Å². The molecule has 0 aliphatic carbocycles. The van der Waals surface area contributed by atoms with E-state index in [1.807, 2.05) is 6.07 Å². The van der Waals surface area contributed by atoms with Crippen molar-refractivity contribution in [1.82, 2.24) is 4.90 Å². The van der Waals surface area contributed by atoms with Gasteiger partial charge in [-0.25, -0.2) is 0 Å². The van der Waals surface area contributed by atoms with Crippen molar-refractivity contribution in [1.29, 1.82) is 5.26 Å². The van der Waals surface area contributed by atoms with Gasteiger partial charge in [0.15, 0.2) is 0 Å². The van der Waals surface area contributed by atoms with Crippen molar-refractivity contribution in [3.05, 3.63) is 22.4 Å². The second kappa shape index (κ2) is 3.72. The first kappa shape index (κ1) is 9.70. The number of piperidine rings is 1. The quantitative estimate of drug-likeness (QED) is 0.704. The number of nitriles is 1. The van der Waals surface area contributed by atoms with Gasteiger partial charge in [-0.15, -0.1) is 11.3 Å². The average molecular weight is 206 g/mol. The van der Waals surface area contributed by atoms with Crippen LogP contribution in [0.15, 0.2) is 17.5 Å². The Labute approximate surface area is 88.8 Å². The third-order valence-electron chi connectivity index (χ3n) is 3.05. The highest BCUT2D eigenvalue weighted by molar-refractivity contribution is 7.10. The molecule has 0 spiro atoms. The monoisotopic (exact) mass is 206 g/mol. The van der Waals surface area contributed by atoms with E-state index in [1.165, 1.54) is 4.88 Å². The first-order chi connectivity index (χ1) is 6.77. The van der Waals surface area contributed by atoms with Gasteiger partial charge in [0, 0.05) is 4.88 Å². The van der Waals surface area contributed by atoms with E-state index < -0.39 is 0 Å². The number of rotatable bonds is 1. The zero-order valence-electron chi connectivity index (χ0n) is 8.36. The van der Waals surface area contributed by atoms with Gasteiger partial charge in [0.1, 0.15) is 0 Å². The standard InChI is InChI=1S/C11H14N2S/c1-13-6-4-11(9-12,5-7-13)10-3-2-8-14-10/h2-3,8H,4-7H2,1H3. The summed E-state index contributed by atoms with van der Waals surface area (Å²) in [6.07, 6.45) is 1.95. The number of likely N-dealkylation sites (tertiary alicyclic amines) is 1. The minimum Gasteiger partial charge on any atom is -0.306 e. The number of thiophene rings is 1. The number of hydrogen-bond donors (Lipinski definition) is 0. The van der Waals surface area contributed by atoms with Crippen molar-refractivity contribution < 1.29 is 0 Å². The maximum atomic E-state index is 9.34. The second-order valence-electron chi connectivity index (χ2n) is 3.97. The summed E-state index contributed by atoms with van der Waals surface area (Å²) in [7, 11) is 2.12. The van der Waals surface area contributed by atoms with Gasteiger partial charge in [0.2, 0.25) is 0 Å². The molecule has 0 bridgehead atoms. The summed E-state index contributed by atoms with van der Waals surface area (Å²) in [4.78, 5) is 3.54. The van der Waals surface area contributed by atoms with E-state index in [0.29, 0.717) is 0 Å². The summed E-state index contributed by atoms with van der Waals surface area (Å²) >= 11 is 1.71. The maximum absolute atomic E-state index is 9.34. The van der Waals surface area contributed by atoms with E-state index in [0.717, 1.165) is 25.9 Å². The zero-order chi connectivity index (χ0) is 10.0. The molecule has 2 heterocycles. The van der Waals surface area contributed by atoms with Crippen molar-refractivity contribution in [2.24, 2.45) is 0 Å². The van der Waals surface area contributed by atoms with Crippen LogP contribution in [-0.2, 0) is 5.41 Å². The molecular formula is C11H14N2S. The average Bonchev–Trinajstić information content (AvgIpc) is 2.73. The van der Waals surface area contributed by atoms with Crippen LogP contribution >= 0.6 is 11.3 Å². The minimum atomic E-state index is -0.194. The van der Waals surface area contributed by atoms with Crippen molar-refractivity contribution in [2.45, 2.75) is 18.3 Å². The fourth-order valence-corrected chi connectivity index (χ4v) is 2.90. The Morgan fingerprint density at radius 3 is 2.71 bits per heavy atom. The van der Waals surface area contributed by atoms with E-state index in [1.54, 1.807) is 11.3 Å². The SMILES string of the molecule is CN1CCC(C#N)(c2cccs2)CC1. The highest BCUT2D eigenvalue weighted by Gasteiger charge is 2.36. The third kappa shape index (κ3) is 1.56. The highest BCUT2D eigenvalue weighted by atomic mass is 32.1. The largest absolute Gasteiger partial charge is 0.306 e. The van der Waals surface area contributed by atoms with E-state index in [-0.39, 0.29) is 5.41 Å². The van der Waals surface area contributed by atoms with Crippen LogP contribution in [0.3, 0.4) is 0 Å². The van der Waals surface area contributed by atoms with Crippen LogP contribution in [0.1, 0.15) is 17.7 Å². The molecule has 0 aromatic carbocycles. The molecule has 0 atom stereocenters. The normalized spacial score (nSPS) is 21.7. The molecule has 1 fully saturated rings. The predicted octanol–water partition coefficient (Wildman–Crippen LogP) is 2.24. The molecule has 1 aliphatic heterocycles. The van der Waals surface area contributed by atoms with Crippen LogP contribution < -0.4 is 0 Å². The van der Waals surface area contributed by atoms with E-state index in [4.69, 9.17) is 0 Å². The first-order valence-corrected chi connectivity index (χ1v) is 5.79. The molecule has 14 heavy (non-hydrogen) atoms. The number of nitrogens with zero attached hydrogens (tertiary/aromatic N) is 2. The maximum Gasteiger partial charge on any atom is 0.0938 e. The summed E-state index contributed by atoms with van der Waals surface area (Å²) in [5.41, 5.74) is -0.194. The first-order valence-electron chi connectivity index (χ1n) is 4.91. The van der Waals surface area contributed by atoms with Crippen LogP contribution in [0.4, 0.5) is 0 Å². The molecule has 0 radical (unpaired) electrons. The van der Waals surface area contributed by atoms with Gasteiger partial charge in [0.05, 0.1) is 11.5 Å². The van der Waals surface area contributed by atoms with Gasteiger partial charge >= 0.3 is 0 Å². The van der Waals surface area contributed by atoms with Gasteiger partial charge in [-0.3, -0.25) is 0 Å². The molecule has 1 aliphatic rings. The smallest absolute Gasteiger partial charge is 0.0938 e. The zero-order valence-corrected chi connectivity index (χ0v) is 9.18.